The molecule has 3 nitrogen and oxygen atoms in total. The third kappa shape index (κ3) is 3.27. The molecule has 0 aromatic heterocycles. The van der Waals surface area contributed by atoms with Gasteiger partial charge in [-0.3, -0.25) is 0 Å². The Kier molecular flexibility index (Phi) is 5.79. The zero-order valence-electron chi connectivity index (χ0n) is 17.6. The van der Waals surface area contributed by atoms with Gasteiger partial charge in [0.15, 0.2) is 5.79 Å². The maximum absolute atomic E-state index is 12.5. The summed E-state index contributed by atoms with van der Waals surface area (Å²) in [6.45, 7) is 4.09. The Bertz CT molecular complexity index is 944. The van der Waals surface area contributed by atoms with Crippen molar-refractivity contribution in [1.29, 1.82) is 0 Å². The molecule has 1 saturated heterocycles. The van der Waals surface area contributed by atoms with Gasteiger partial charge < -0.3 is 14.9 Å². The molecule has 0 aliphatic carbocycles. The summed E-state index contributed by atoms with van der Waals surface area (Å²) in [6.07, 6.45) is 0.829. The fourth-order valence-electron chi connectivity index (χ4n) is 5.27. The van der Waals surface area contributed by atoms with Crippen LogP contribution in [0.25, 0.3) is 0 Å². The molecule has 0 radical (unpaired) electrons. The molecule has 2 N–H and O–H groups in total. The highest BCUT2D eigenvalue weighted by molar-refractivity contribution is 5.33. The van der Waals surface area contributed by atoms with Gasteiger partial charge in [0.2, 0.25) is 0 Å². The zero-order chi connectivity index (χ0) is 21.2. The number of aliphatic hydroxyl groups is 2. The van der Waals surface area contributed by atoms with Gasteiger partial charge in [-0.2, -0.15) is 0 Å². The highest BCUT2D eigenvalue weighted by atomic mass is 16.6. The van der Waals surface area contributed by atoms with Crippen LogP contribution in [-0.4, -0.2) is 10.2 Å². The minimum atomic E-state index is -1.62. The first kappa shape index (κ1) is 20.8. The van der Waals surface area contributed by atoms with Crippen LogP contribution in [0.3, 0.4) is 0 Å². The first-order chi connectivity index (χ1) is 14.6. The van der Waals surface area contributed by atoms with Gasteiger partial charge in [0.25, 0.3) is 0 Å². The lowest BCUT2D eigenvalue weighted by Crippen LogP contribution is -2.59. The van der Waals surface area contributed by atoms with Crippen LogP contribution >= 0.6 is 0 Å². The highest BCUT2D eigenvalue weighted by Crippen LogP contribution is 2.59. The Balaban J connectivity index is 1.96. The van der Waals surface area contributed by atoms with Crippen LogP contribution in [0.1, 0.15) is 49.5 Å². The summed E-state index contributed by atoms with van der Waals surface area (Å²) in [5, 5.41) is 24.5. The molecule has 3 aromatic carbocycles. The molecule has 0 bridgehead atoms. The monoisotopic (exact) mass is 402 g/mol. The van der Waals surface area contributed by atoms with E-state index in [1.165, 1.54) is 0 Å². The lowest BCUT2D eigenvalue weighted by molar-refractivity contribution is -0.366. The summed E-state index contributed by atoms with van der Waals surface area (Å²) in [5.74, 6) is -2.36. The fraction of sp³-hybridized carbons (Fsp3) is 0.333. The van der Waals surface area contributed by atoms with Gasteiger partial charge in [0, 0.05) is 11.5 Å². The molecule has 0 amide bonds. The maximum atomic E-state index is 12.5. The largest absolute Gasteiger partial charge is 0.384 e. The number of hydrogen-bond acceptors (Lipinski definition) is 3. The van der Waals surface area contributed by atoms with Crippen LogP contribution in [0.15, 0.2) is 91.0 Å². The molecule has 1 aliphatic heterocycles. The highest BCUT2D eigenvalue weighted by Gasteiger charge is 2.61. The first-order valence-electron chi connectivity index (χ1n) is 10.8. The fourth-order valence-corrected chi connectivity index (χ4v) is 5.27. The Morgan fingerprint density at radius 2 is 1.20 bits per heavy atom. The van der Waals surface area contributed by atoms with Crippen LogP contribution < -0.4 is 0 Å². The lowest BCUT2D eigenvalue weighted by Gasteiger charge is -2.56. The van der Waals surface area contributed by atoms with Gasteiger partial charge in [-0.05, 0) is 24.0 Å². The smallest absolute Gasteiger partial charge is 0.199 e. The van der Waals surface area contributed by atoms with Gasteiger partial charge in [-0.1, -0.05) is 105 Å². The average Bonchev–Trinajstić information content (AvgIpc) is 2.80. The van der Waals surface area contributed by atoms with E-state index in [1.54, 1.807) is 0 Å². The molecule has 1 heterocycles. The summed E-state index contributed by atoms with van der Waals surface area (Å²) in [4.78, 5) is 0. The van der Waals surface area contributed by atoms with E-state index >= 15 is 0 Å². The summed E-state index contributed by atoms with van der Waals surface area (Å²) >= 11 is 0. The summed E-state index contributed by atoms with van der Waals surface area (Å²) in [6, 6.07) is 29.2. The first-order valence-corrected chi connectivity index (χ1v) is 10.8. The Labute approximate surface area is 179 Å². The third-order valence-corrected chi connectivity index (χ3v) is 6.64. The molecular formula is C27H30O3. The van der Waals surface area contributed by atoms with Crippen LogP contribution in [0.5, 0.6) is 0 Å². The maximum Gasteiger partial charge on any atom is 0.199 e. The van der Waals surface area contributed by atoms with Gasteiger partial charge in [0.05, 0.1) is 12.0 Å². The molecule has 1 aliphatic rings. The third-order valence-electron chi connectivity index (χ3n) is 6.64. The van der Waals surface area contributed by atoms with Gasteiger partial charge >= 0.3 is 0 Å². The number of rotatable bonds is 5. The molecule has 0 saturated carbocycles. The molecule has 3 heteroatoms. The van der Waals surface area contributed by atoms with Crippen molar-refractivity contribution in [3.8, 4) is 0 Å². The van der Waals surface area contributed by atoms with Crippen molar-refractivity contribution >= 4 is 0 Å². The normalized spacial score (nSPS) is 31.4. The molecule has 3 aromatic rings. The van der Waals surface area contributed by atoms with Crippen molar-refractivity contribution in [3.05, 3.63) is 108 Å². The predicted molar refractivity (Wildman–Crippen MR) is 119 cm³/mol. The molecule has 0 unspecified atom stereocenters. The van der Waals surface area contributed by atoms with Crippen molar-refractivity contribution < 1.29 is 14.9 Å². The van der Waals surface area contributed by atoms with E-state index < -0.39 is 23.4 Å². The predicted octanol–water partition coefficient (Wildman–Crippen LogP) is 5.54. The van der Waals surface area contributed by atoms with Crippen molar-refractivity contribution in [1.82, 2.24) is 0 Å². The van der Waals surface area contributed by atoms with E-state index in [0.717, 1.165) is 11.1 Å². The second kappa shape index (κ2) is 8.35. The van der Waals surface area contributed by atoms with Crippen molar-refractivity contribution in [2.45, 2.75) is 44.2 Å². The van der Waals surface area contributed by atoms with Gasteiger partial charge in [-0.25, -0.2) is 0 Å². The summed E-state index contributed by atoms with van der Waals surface area (Å²) in [5.41, 5.74) is 1.19. The Morgan fingerprint density at radius 1 is 0.700 bits per heavy atom. The molecule has 5 atom stereocenters. The molecule has 30 heavy (non-hydrogen) atoms. The Morgan fingerprint density at radius 3 is 1.70 bits per heavy atom. The second-order valence-electron chi connectivity index (χ2n) is 8.18. The van der Waals surface area contributed by atoms with E-state index in [0.29, 0.717) is 18.4 Å². The van der Waals surface area contributed by atoms with E-state index in [-0.39, 0.29) is 5.92 Å². The van der Waals surface area contributed by atoms with Crippen LogP contribution in [0.2, 0.25) is 0 Å². The van der Waals surface area contributed by atoms with E-state index in [1.807, 2.05) is 97.9 Å². The SMILES string of the molecule is CC[C@@H]1[C@](O)(c2ccccc2)[C@@H](CC)[C@@H](c2ccccc2)O[C@]1(O)c1ccccc1. The molecule has 156 valence electrons. The van der Waals surface area contributed by atoms with Crippen LogP contribution in [0.4, 0.5) is 0 Å². The topological polar surface area (TPSA) is 49.7 Å². The molecule has 1 fully saturated rings. The van der Waals surface area contributed by atoms with Gasteiger partial charge in [0.1, 0.15) is 5.60 Å². The minimum absolute atomic E-state index is 0.212. The van der Waals surface area contributed by atoms with E-state index in [4.69, 9.17) is 4.74 Å². The average molecular weight is 403 g/mol. The zero-order valence-corrected chi connectivity index (χ0v) is 17.6. The number of benzene rings is 3. The van der Waals surface area contributed by atoms with E-state index in [9.17, 15) is 10.2 Å². The number of hydrogen-bond donors (Lipinski definition) is 2. The molecular weight excluding hydrogens is 372 g/mol. The quantitative estimate of drug-likeness (QED) is 0.589. The van der Waals surface area contributed by atoms with Gasteiger partial charge in [-0.15, -0.1) is 0 Å². The van der Waals surface area contributed by atoms with Crippen LogP contribution in [0, 0.1) is 11.8 Å². The standard InChI is InChI=1S/C27H30O3/c1-3-23-25(20-14-8-5-9-15-20)30-27(29,22-18-12-7-13-19-22)24(4-2)26(23,28)21-16-10-6-11-17-21/h5-19,23-25,28-29H,3-4H2,1-2H3/t23-,24+,25+,26-,27+/m0/s1. The Hall–Kier alpha value is -2.46. The second-order valence-corrected chi connectivity index (χ2v) is 8.18. The van der Waals surface area contributed by atoms with Crippen molar-refractivity contribution in [3.63, 3.8) is 0 Å². The molecule has 4 rings (SSSR count). The summed E-state index contributed by atoms with van der Waals surface area (Å²) < 4.78 is 6.57. The lowest BCUT2D eigenvalue weighted by atomic mass is 9.61. The van der Waals surface area contributed by atoms with E-state index in [2.05, 4.69) is 6.92 Å². The summed E-state index contributed by atoms with van der Waals surface area (Å²) in [7, 11) is 0. The molecule has 0 spiro atoms. The van der Waals surface area contributed by atoms with Crippen molar-refractivity contribution in [2.24, 2.45) is 11.8 Å². The van der Waals surface area contributed by atoms with Crippen LogP contribution in [-0.2, 0) is 16.1 Å². The van der Waals surface area contributed by atoms with Crippen molar-refractivity contribution in [2.75, 3.05) is 0 Å². The minimum Gasteiger partial charge on any atom is -0.384 e. The number of ether oxygens (including phenoxy) is 1.